The van der Waals surface area contributed by atoms with Gasteiger partial charge in [-0.2, -0.15) is 0 Å². The topological polar surface area (TPSA) is 41.1 Å². The standard InChI is InChI=1S/C13H16N2OS/c16-13(15-10-5-6-14-8-10)12-7-9-3-1-2-4-11(9)17-12/h1-4,10,12,14H,5-8H2,(H,15,16)/t10-,12?/m1/s1. The van der Waals surface area contributed by atoms with E-state index >= 15 is 0 Å². The van der Waals surface area contributed by atoms with Crippen LogP contribution in [-0.2, 0) is 11.2 Å². The molecular weight excluding hydrogens is 232 g/mol. The fraction of sp³-hybridized carbons (Fsp3) is 0.462. The van der Waals surface area contributed by atoms with Crippen molar-refractivity contribution in [3.05, 3.63) is 29.8 Å². The minimum absolute atomic E-state index is 0.0630. The Kier molecular flexibility index (Phi) is 3.07. The predicted molar refractivity (Wildman–Crippen MR) is 69.2 cm³/mol. The summed E-state index contributed by atoms with van der Waals surface area (Å²) >= 11 is 1.70. The molecule has 1 aromatic rings. The van der Waals surface area contributed by atoms with Crippen LogP contribution in [0.15, 0.2) is 29.2 Å². The molecule has 2 heterocycles. The molecule has 2 aliphatic rings. The molecule has 0 saturated carbocycles. The smallest absolute Gasteiger partial charge is 0.234 e. The van der Waals surface area contributed by atoms with Crippen LogP contribution in [0.4, 0.5) is 0 Å². The van der Waals surface area contributed by atoms with Crippen LogP contribution < -0.4 is 10.6 Å². The van der Waals surface area contributed by atoms with Crippen LogP contribution >= 0.6 is 11.8 Å². The van der Waals surface area contributed by atoms with Gasteiger partial charge in [-0.05, 0) is 31.0 Å². The fourth-order valence-corrected chi connectivity index (χ4v) is 3.60. The Hall–Kier alpha value is -1.00. The maximum atomic E-state index is 12.1. The van der Waals surface area contributed by atoms with Gasteiger partial charge in [0, 0.05) is 17.5 Å². The number of rotatable bonds is 2. The summed E-state index contributed by atoms with van der Waals surface area (Å²) in [6.07, 6.45) is 1.92. The number of hydrogen-bond acceptors (Lipinski definition) is 3. The van der Waals surface area contributed by atoms with Gasteiger partial charge in [0.1, 0.15) is 0 Å². The molecule has 0 bridgehead atoms. The average Bonchev–Trinajstić information content (AvgIpc) is 2.96. The summed E-state index contributed by atoms with van der Waals surface area (Å²) < 4.78 is 0. The van der Waals surface area contributed by atoms with Crippen LogP contribution in [0.2, 0.25) is 0 Å². The van der Waals surface area contributed by atoms with E-state index in [9.17, 15) is 4.79 Å². The Labute approximate surface area is 105 Å². The minimum atomic E-state index is 0.0630. The highest BCUT2D eigenvalue weighted by Gasteiger charge is 2.29. The first-order valence-electron chi connectivity index (χ1n) is 6.08. The number of nitrogens with one attached hydrogen (secondary N) is 2. The third kappa shape index (κ3) is 2.33. The average molecular weight is 248 g/mol. The number of carbonyl (C=O) groups excluding carboxylic acids is 1. The second kappa shape index (κ2) is 4.70. The predicted octanol–water partition coefficient (Wildman–Crippen LogP) is 1.18. The third-order valence-electron chi connectivity index (χ3n) is 3.35. The lowest BCUT2D eigenvalue weighted by Gasteiger charge is -2.14. The maximum Gasteiger partial charge on any atom is 0.234 e. The van der Waals surface area contributed by atoms with E-state index in [1.54, 1.807) is 11.8 Å². The van der Waals surface area contributed by atoms with Crippen molar-refractivity contribution in [3.63, 3.8) is 0 Å². The number of thioether (sulfide) groups is 1. The van der Waals surface area contributed by atoms with Crippen LogP contribution in [0.5, 0.6) is 0 Å². The van der Waals surface area contributed by atoms with Gasteiger partial charge in [0.15, 0.2) is 0 Å². The Bertz CT molecular complexity index is 404. The van der Waals surface area contributed by atoms with Crippen molar-refractivity contribution in [2.45, 2.75) is 29.0 Å². The summed E-state index contributed by atoms with van der Waals surface area (Å²) in [6, 6.07) is 8.62. The Balaban J connectivity index is 1.62. The van der Waals surface area contributed by atoms with E-state index in [1.807, 2.05) is 12.1 Å². The maximum absolute atomic E-state index is 12.1. The van der Waals surface area contributed by atoms with E-state index in [2.05, 4.69) is 22.8 Å². The monoisotopic (exact) mass is 248 g/mol. The summed E-state index contributed by atoms with van der Waals surface area (Å²) in [6.45, 7) is 1.93. The zero-order valence-corrected chi connectivity index (χ0v) is 10.4. The molecule has 2 N–H and O–H groups in total. The van der Waals surface area contributed by atoms with Gasteiger partial charge in [-0.15, -0.1) is 11.8 Å². The van der Waals surface area contributed by atoms with Crippen LogP contribution in [0.25, 0.3) is 0 Å². The molecule has 2 atom stereocenters. The van der Waals surface area contributed by atoms with Gasteiger partial charge in [0.05, 0.1) is 5.25 Å². The molecular formula is C13H16N2OS. The number of fused-ring (bicyclic) bond motifs is 1. The summed E-state index contributed by atoms with van der Waals surface area (Å²) in [4.78, 5) is 13.4. The van der Waals surface area contributed by atoms with Crippen molar-refractivity contribution in [2.75, 3.05) is 13.1 Å². The number of hydrogen-bond donors (Lipinski definition) is 2. The summed E-state index contributed by atoms with van der Waals surface area (Å²) in [5.41, 5.74) is 1.31. The molecule has 0 spiro atoms. The van der Waals surface area contributed by atoms with E-state index in [-0.39, 0.29) is 11.2 Å². The number of benzene rings is 1. The quantitative estimate of drug-likeness (QED) is 0.826. The lowest BCUT2D eigenvalue weighted by atomic mass is 10.1. The largest absolute Gasteiger partial charge is 0.351 e. The lowest BCUT2D eigenvalue weighted by molar-refractivity contribution is -0.121. The Morgan fingerprint density at radius 1 is 1.41 bits per heavy atom. The molecule has 0 aromatic heterocycles. The van der Waals surface area contributed by atoms with Gasteiger partial charge in [-0.1, -0.05) is 18.2 Å². The molecule has 2 aliphatic heterocycles. The normalized spacial score (nSPS) is 26.8. The molecule has 1 amide bonds. The molecule has 0 radical (unpaired) electrons. The Morgan fingerprint density at radius 2 is 2.29 bits per heavy atom. The molecule has 3 nitrogen and oxygen atoms in total. The van der Waals surface area contributed by atoms with Crippen molar-refractivity contribution >= 4 is 17.7 Å². The highest BCUT2D eigenvalue weighted by molar-refractivity contribution is 8.01. The summed E-state index contributed by atoms with van der Waals surface area (Å²) in [7, 11) is 0. The zero-order chi connectivity index (χ0) is 11.7. The third-order valence-corrected chi connectivity index (χ3v) is 4.66. The lowest BCUT2D eigenvalue weighted by Crippen LogP contribution is -2.41. The second-order valence-corrected chi connectivity index (χ2v) is 5.86. The van der Waals surface area contributed by atoms with E-state index in [4.69, 9.17) is 0 Å². The van der Waals surface area contributed by atoms with Crippen molar-refractivity contribution in [3.8, 4) is 0 Å². The first kappa shape index (κ1) is 11.1. The van der Waals surface area contributed by atoms with Gasteiger partial charge in [-0.25, -0.2) is 0 Å². The SMILES string of the molecule is O=C(N[C@@H]1CCNC1)C1Cc2ccccc2S1. The first-order valence-corrected chi connectivity index (χ1v) is 6.96. The molecule has 4 heteroatoms. The highest BCUT2D eigenvalue weighted by atomic mass is 32.2. The molecule has 1 aromatic carbocycles. The van der Waals surface area contributed by atoms with Crippen LogP contribution in [-0.4, -0.2) is 30.3 Å². The Morgan fingerprint density at radius 3 is 3.06 bits per heavy atom. The minimum Gasteiger partial charge on any atom is -0.351 e. The van der Waals surface area contributed by atoms with Gasteiger partial charge >= 0.3 is 0 Å². The van der Waals surface area contributed by atoms with Crippen LogP contribution in [0.3, 0.4) is 0 Å². The van der Waals surface area contributed by atoms with Gasteiger partial charge in [0.2, 0.25) is 5.91 Å². The van der Waals surface area contributed by atoms with Crippen molar-refractivity contribution in [2.24, 2.45) is 0 Å². The van der Waals surface area contributed by atoms with E-state index in [0.29, 0.717) is 6.04 Å². The molecule has 1 fully saturated rings. The molecule has 1 saturated heterocycles. The van der Waals surface area contributed by atoms with Crippen molar-refractivity contribution in [1.29, 1.82) is 0 Å². The fourth-order valence-electron chi connectivity index (χ4n) is 2.40. The van der Waals surface area contributed by atoms with E-state index < -0.39 is 0 Å². The first-order chi connectivity index (χ1) is 8.33. The summed E-state index contributed by atoms with van der Waals surface area (Å²) in [5, 5.41) is 6.46. The molecule has 17 heavy (non-hydrogen) atoms. The zero-order valence-electron chi connectivity index (χ0n) is 9.61. The molecule has 3 rings (SSSR count). The molecule has 0 aliphatic carbocycles. The molecule has 1 unspecified atom stereocenters. The highest BCUT2D eigenvalue weighted by Crippen LogP contribution is 2.36. The van der Waals surface area contributed by atoms with Crippen LogP contribution in [0, 0.1) is 0 Å². The van der Waals surface area contributed by atoms with Gasteiger partial charge in [-0.3, -0.25) is 4.79 Å². The van der Waals surface area contributed by atoms with Gasteiger partial charge < -0.3 is 10.6 Å². The van der Waals surface area contributed by atoms with Crippen LogP contribution in [0.1, 0.15) is 12.0 Å². The second-order valence-electron chi connectivity index (χ2n) is 4.62. The number of amides is 1. The van der Waals surface area contributed by atoms with E-state index in [1.165, 1.54) is 10.5 Å². The summed E-state index contributed by atoms with van der Waals surface area (Å²) in [5.74, 6) is 0.194. The van der Waals surface area contributed by atoms with Crippen molar-refractivity contribution < 1.29 is 4.79 Å². The molecule has 90 valence electrons. The van der Waals surface area contributed by atoms with E-state index in [0.717, 1.165) is 25.9 Å². The number of carbonyl (C=O) groups is 1. The van der Waals surface area contributed by atoms with Gasteiger partial charge in [0.25, 0.3) is 0 Å². The van der Waals surface area contributed by atoms with Crippen molar-refractivity contribution in [1.82, 2.24) is 10.6 Å².